The number of fused-ring (bicyclic) bond motifs is 1. The van der Waals surface area contributed by atoms with Gasteiger partial charge in [-0.05, 0) is 11.1 Å². The summed E-state index contributed by atoms with van der Waals surface area (Å²) in [6.07, 6.45) is 0.617. The van der Waals surface area contributed by atoms with Crippen LogP contribution in [0, 0.1) is 0 Å². The second-order valence-corrected chi connectivity index (χ2v) is 6.65. The highest BCUT2D eigenvalue weighted by Gasteiger charge is 2.09. The van der Waals surface area contributed by atoms with Crippen molar-refractivity contribution in [3.8, 4) is 0 Å². The van der Waals surface area contributed by atoms with E-state index in [1.54, 1.807) is 17.8 Å². The normalized spacial score (nSPS) is 11.0. The van der Waals surface area contributed by atoms with E-state index in [1.165, 1.54) is 10.1 Å². The molecule has 0 radical (unpaired) electrons. The van der Waals surface area contributed by atoms with E-state index in [0.29, 0.717) is 17.4 Å². The zero-order valence-electron chi connectivity index (χ0n) is 13.4. The van der Waals surface area contributed by atoms with Crippen molar-refractivity contribution in [3.63, 3.8) is 0 Å². The molecule has 0 bridgehead atoms. The molecule has 1 N–H and O–H groups in total. The van der Waals surface area contributed by atoms with Gasteiger partial charge in [-0.1, -0.05) is 72.4 Å². The number of aromatic nitrogens is 4. The highest BCUT2D eigenvalue weighted by molar-refractivity contribution is 7.98. The summed E-state index contributed by atoms with van der Waals surface area (Å²) in [7, 11) is 0. The van der Waals surface area contributed by atoms with Gasteiger partial charge in [0.05, 0.1) is 5.69 Å². The molecule has 6 heteroatoms. The van der Waals surface area contributed by atoms with Crippen LogP contribution in [0.2, 0.25) is 0 Å². The number of nitrogens with one attached hydrogen (secondary N) is 1. The molecule has 124 valence electrons. The summed E-state index contributed by atoms with van der Waals surface area (Å²) in [5.74, 6) is 1.20. The van der Waals surface area contributed by atoms with E-state index in [2.05, 4.69) is 27.2 Å². The standard InChI is InChI=1S/C19H16N4OS/c24-17-12-16(11-14-7-3-1-4-8-14)20-18-21-19(22-23(17)18)25-13-15-9-5-2-6-10-15/h1-10,12H,11,13H2,(H,20,21,22). The Balaban J connectivity index is 1.57. The number of benzene rings is 2. The lowest BCUT2D eigenvalue weighted by atomic mass is 10.1. The Hall–Kier alpha value is -2.86. The monoisotopic (exact) mass is 348 g/mol. The first-order valence-electron chi connectivity index (χ1n) is 7.97. The molecule has 4 aromatic rings. The van der Waals surface area contributed by atoms with Crippen LogP contribution < -0.4 is 5.56 Å². The number of rotatable bonds is 5. The highest BCUT2D eigenvalue weighted by atomic mass is 32.2. The summed E-state index contributed by atoms with van der Waals surface area (Å²) in [6.45, 7) is 0. The molecule has 2 aromatic carbocycles. The Labute approximate surface area is 148 Å². The zero-order valence-corrected chi connectivity index (χ0v) is 14.2. The fourth-order valence-electron chi connectivity index (χ4n) is 2.59. The third-order valence-electron chi connectivity index (χ3n) is 3.81. The van der Waals surface area contributed by atoms with Gasteiger partial charge in [-0.2, -0.15) is 9.50 Å². The minimum absolute atomic E-state index is 0.144. The molecule has 5 nitrogen and oxygen atoms in total. The Bertz CT molecular complexity index is 1040. The van der Waals surface area contributed by atoms with Crippen LogP contribution in [0.25, 0.3) is 5.78 Å². The lowest BCUT2D eigenvalue weighted by Gasteiger charge is -2.00. The topological polar surface area (TPSA) is 63.0 Å². The number of nitrogens with zero attached hydrogens (tertiary/aromatic N) is 3. The first-order chi connectivity index (χ1) is 12.3. The van der Waals surface area contributed by atoms with Crippen LogP contribution in [0.4, 0.5) is 0 Å². The van der Waals surface area contributed by atoms with E-state index in [1.807, 2.05) is 48.5 Å². The number of hydrogen-bond acceptors (Lipinski definition) is 4. The molecule has 0 saturated carbocycles. The average molecular weight is 348 g/mol. The molecule has 0 unspecified atom stereocenters. The van der Waals surface area contributed by atoms with E-state index < -0.39 is 0 Å². The fraction of sp³-hybridized carbons (Fsp3) is 0.105. The van der Waals surface area contributed by atoms with Gasteiger partial charge in [0.1, 0.15) is 0 Å². The van der Waals surface area contributed by atoms with E-state index in [0.717, 1.165) is 17.0 Å². The summed E-state index contributed by atoms with van der Waals surface area (Å²) >= 11 is 1.55. The van der Waals surface area contributed by atoms with Crippen molar-refractivity contribution in [2.75, 3.05) is 0 Å². The Morgan fingerprint density at radius 2 is 1.60 bits per heavy atom. The molecule has 2 heterocycles. The molecule has 0 saturated heterocycles. The SMILES string of the molecule is O=c1cc(Cc2ccccc2)nc2nc(SCc3ccccc3)[nH]n12. The van der Waals surface area contributed by atoms with Gasteiger partial charge in [-0.3, -0.25) is 9.89 Å². The Kier molecular flexibility index (Phi) is 4.35. The van der Waals surface area contributed by atoms with Crippen molar-refractivity contribution < 1.29 is 0 Å². The third-order valence-corrected chi connectivity index (χ3v) is 4.74. The molecule has 0 aliphatic carbocycles. The number of aromatic amines is 1. The number of thioether (sulfide) groups is 1. The van der Waals surface area contributed by atoms with Gasteiger partial charge in [-0.25, -0.2) is 4.98 Å². The molecule has 0 aliphatic rings. The van der Waals surface area contributed by atoms with E-state index in [-0.39, 0.29) is 5.56 Å². The zero-order chi connectivity index (χ0) is 17.1. The molecular formula is C19H16N4OS. The highest BCUT2D eigenvalue weighted by Crippen LogP contribution is 2.19. The van der Waals surface area contributed by atoms with Crippen LogP contribution in [0.15, 0.2) is 76.7 Å². The van der Waals surface area contributed by atoms with Crippen molar-refractivity contribution in [1.82, 2.24) is 19.6 Å². The minimum atomic E-state index is -0.144. The van der Waals surface area contributed by atoms with E-state index in [4.69, 9.17) is 0 Å². The van der Waals surface area contributed by atoms with Gasteiger partial charge in [0, 0.05) is 18.2 Å². The fourth-order valence-corrected chi connectivity index (χ4v) is 3.39. The smallest absolute Gasteiger partial charge is 0.267 e. The van der Waals surface area contributed by atoms with Crippen LogP contribution in [-0.4, -0.2) is 19.6 Å². The first-order valence-corrected chi connectivity index (χ1v) is 8.96. The summed E-state index contributed by atoms with van der Waals surface area (Å²) in [5, 5.41) is 3.70. The van der Waals surface area contributed by atoms with Crippen LogP contribution in [0.3, 0.4) is 0 Å². The summed E-state index contributed by atoms with van der Waals surface area (Å²) in [4.78, 5) is 21.3. The molecule has 0 aliphatic heterocycles. The van der Waals surface area contributed by atoms with Crippen LogP contribution in [-0.2, 0) is 12.2 Å². The van der Waals surface area contributed by atoms with Gasteiger partial charge >= 0.3 is 0 Å². The van der Waals surface area contributed by atoms with Crippen molar-refractivity contribution in [2.45, 2.75) is 17.3 Å². The maximum Gasteiger partial charge on any atom is 0.274 e. The average Bonchev–Trinajstić information content (AvgIpc) is 3.05. The van der Waals surface area contributed by atoms with Crippen molar-refractivity contribution in [2.24, 2.45) is 0 Å². The van der Waals surface area contributed by atoms with Crippen molar-refractivity contribution in [1.29, 1.82) is 0 Å². The molecular weight excluding hydrogens is 332 g/mol. The van der Waals surface area contributed by atoms with Gasteiger partial charge in [0.2, 0.25) is 0 Å². The molecule has 4 rings (SSSR count). The predicted octanol–water partition coefficient (Wildman–Crippen LogP) is 3.30. The van der Waals surface area contributed by atoms with Crippen LogP contribution in [0.5, 0.6) is 0 Å². The quantitative estimate of drug-likeness (QED) is 0.562. The second kappa shape index (κ2) is 6.94. The minimum Gasteiger partial charge on any atom is -0.267 e. The van der Waals surface area contributed by atoms with Crippen molar-refractivity contribution in [3.05, 3.63) is 93.9 Å². The van der Waals surface area contributed by atoms with Gasteiger partial charge in [-0.15, -0.1) is 0 Å². The molecule has 0 spiro atoms. The summed E-state index contributed by atoms with van der Waals surface area (Å²) < 4.78 is 1.39. The third kappa shape index (κ3) is 3.64. The maximum absolute atomic E-state index is 12.3. The van der Waals surface area contributed by atoms with Crippen molar-refractivity contribution >= 4 is 17.5 Å². The first kappa shape index (κ1) is 15.7. The van der Waals surface area contributed by atoms with Crippen LogP contribution in [0.1, 0.15) is 16.8 Å². The molecule has 2 aromatic heterocycles. The molecule has 0 fully saturated rings. The lowest BCUT2D eigenvalue weighted by molar-refractivity contribution is 0.841. The van der Waals surface area contributed by atoms with Crippen LogP contribution >= 0.6 is 11.8 Å². The molecule has 25 heavy (non-hydrogen) atoms. The van der Waals surface area contributed by atoms with E-state index in [9.17, 15) is 4.79 Å². The Morgan fingerprint density at radius 3 is 2.32 bits per heavy atom. The lowest BCUT2D eigenvalue weighted by Crippen LogP contribution is -2.15. The second-order valence-electron chi connectivity index (χ2n) is 5.69. The maximum atomic E-state index is 12.3. The van der Waals surface area contributed by atoms with Gasteiger partial charge < -0.3 is 0 Å². The molecule has 0 amide bonds. The number of H-pyrrole nitrogens is 1. The predicted molar refractivity (Wildman–Crippen MR) is 98.9 cm³/mol. The van der Waals surface area contributed by atoms with Gasteiger partial charge in [0.15, 0.2) is 5.16 Å². The van der Waals surface area contributed by atoms with Gasteiger partial charge in [0.25, 0.3) is 11.3 Å². The summed E-state index contributed by atoms with van der Waals surface area (Å²) in [5.41, 5.74) is 2.91. The van der Waals surface area contributed by atoms with E-state index >= 15 is 0 Å². The summed E-state index contributed by atoms with van der Waals surface area (Å²) in [6, 6.07) is 21.7. The number of hydrogen-bond donors (Lipinski definition) is 1. The molecule has 0 atom stereocenters. The largest absolute Gasteiger partial charge is 0.274 e. The Morgan fingerprint density at radius 1 is 0.920 bits per heavy atom.